The summed E-state index contributed by atoms with van der Waals surface area (Å²) in [5.74, 6) is 0.355. The molecule has 0 saturated carbocycles. The number of fused-ring (bicyclic) bond motifs is 1. The summed E-state index contributed by atoms with van der Waals surface area (Å²) in [4.78, 5) is 17.0. The summed E-state index contributed by atoms with van der Waals surface area (Å²) in [7, 11) is 1.96. The predicted molar refractivity (Wildman–Crippen MR) is 114 cm³/mol. The van der Waals surface area contributed by atoms with Gasteiger partial charge in [-0.3, -0.25) is 14.4 Å². The van der Waals surface area contributed by atoms with Gasteiger partial charge in [0.15, 0.2) is 0 Å². The summed E-state index contributed by atoms with van der Waals surface area (Å²) in [6.45, 7) is 7.37. The number of amides is 1. The number of nitrogens with zero attached hydrogens (tertiary/aromatic N) is 2. The van der Waals surface area contributed by atoms with E-state index in [9.17, 15) is 13.2 Å². The van der Waals surface area contributed by atoms with Crippen LogP contribution in [0.5, 0.6) is 5.75 Å². The van der Waals surface area contributed by atoms with E-state index in [-0.39, 0.29) is 29.7 Å². The van der Waals surface area contributed by atoms with Crippen molar-refractivity contribution >= 4 is 21.6 Å². The summed E-state index contributed by atoms with van der Waals surface area (Å²) in [5, 5.41) is 0. The van der Waals surface area contributed by atoms with Crippen LogP contribution in [-0.2, 0) is 14.8 Å². The minimum Gasteiger partial charge on any atom is -0.491 e. The molecule has 1 amide bonds. The molecule has 0 unspecified atom stereocenters. The maximum atomic E-state index is 13.2. The van der Waals surface area contributed by atoms with Gasteiger partial charge in [0.25, 0.3) is 5.91 Å². The van der Waals surface area contributed by atoms with Gasteiger partial charge in [-0.2, -0.15) is 0 Å². The van der Waals surface area contributed by atoms with E-state index in [1.54, 1.807) is 38.1 Å². The average molecular weight is 428 g/mol. The fraction of sp³-hybridized carbons (Fsp3) is 0.650. The first kappa shape index (κ1) is 23.4. The number of sulfonamides is 1. The molecule has 2 rings (SSSR count). The van der Waals surface area contributed by atoms with E-state index in [0.717, 1.165) is 6.54 Å². The van der Waals surface area contributed by atoms with Gasteiger partial charge in [-0.1, -0.05) is 6.92 Å². The Labute approximate surface area is 174 Å². The highest BCUT2D eigenvalue weighted by atomic mass is 32.2. The zero-order chi connectivity index (χ0) is 21.8. The van der Waals surface area contributed by atoms with Crippen LogP contribution in [-0.4, -0.2) is 82.9 Å². The molecular formula is C20H33N3O5S. The molecule has 0 radical (unpaired) electrons. The molecule has 1 heterocycles. The Morgan fingerprint density at radius 2 is 1.93 bits per heavy atom. The van der Waals surface area contributed by atoms with E-state index >= 15 is 0 Å². The summed E-state index contributed by atoms with van der Waals surface area (Å²) in [5.41, 5.74) is 0.659. The van der Waals surface area contributed by atoms with Gasteiger partial charge in [0.2, 0.25) is 10.0 Å². The summed E-state index contributed by atoms with van der Waals surface area (Å²) in [6.07, 6.45) is -0.121. The van der Waals surface area contributed by atoms with E-state index in [1.807, 2.05) is 7.05 Å². The highest BCUT2D eigenvalue weighted by Gasteiger charge is 2.27. The minimum atomic E-state index is -3.45. The molecule has 1 aliphatic heterocycles. The molecule has 3 atom stereocenters. The van der Waals surface area contributed by atoms with E-state index in [4.69, 9.17) is 9.47 Å². The molecule has 164 valence electrons. The summed E-state index contributed by atoms with van der Waals surface area (Å²) >= 11 is 0. The number of hydrogen-bond donors (Lipinski definition) is 1. The third-order valence-corrected chi connectivity index (χ3v) is 6.72. The Bertz CT molecular complexity index is 814. The third kappa shape index (κ3) is 6.07. The second kappa shape index (κ2) is 9.77. The van der Waals surface area contributed by atoms with E-state index in [0.29, 0.717) is 30.2 Å². The van der Waals surface area contributed by atoms with Crippen LogP contribution in [0.15, 0.2) is 18.2 Å². The fourth-order valence-electron chi connectivity index (χ4n) is 3.27. The van der Waals surface area contributed by atoms with Crippen LogP contribution in [0.3, 0.4) is 0 Å². The normalized spacial score (nSPS) is 24.8. The molecule has 0 saturated heterocycles. The van der Waals surface area contributed by atoms with Crippen molar-refractivity contribution in [1.29, 1.82) is 0 Å². The number of rotatable bonds is 4. The quantitative estimate of drug-likeness (QED) is 0.789. The lowest BCUT2D eigenvalue weighted by Gasteiger charge is -2.34. The van der Waals surface area contributed by atoms with Crippen LogP contribution in [0.25, 0.3) is 0 Å². The standard InChI is InChI=1S/C20H33N3O5S/c1-7-29(25,26)21-16-8-9-18-17(10-16)20(24)23(5)12-19(27-6)14(2)11-22(4)15(3)13-28-18/h8-10,14-15,19,21H,7,11-13H2,1-6H3/t14-,15+,19-/m1/s1. The van der Waals surface area contributed by atoms with Crippen LogP contribution < -0.4 is 9.46 Å². The minimum absolute atomic E-state index is 0.0499. The number of nitrogens with one attached hydrogen (secondary N) is 1. The molecule has 1 aliphatic rings. The maximum absolute atomic E-state index is 13.2. The second-order valence-electron chi connectivity index (χ2n) is 7.75. The van der Waals surface area contributed by atoms with Crippen molar-refractivity contribution in [3.63, 3.8) is 0 Å². The van der Waals surface area contributed by atoms with Gasteiger partial charge in [0.05, 0.1) is 17.4 Å². The van der Waals surface area contributed by atoms with Crippen molar-refractivity contribution < 1.29 is 22.7 Å². The van der Waals surface area contributed by atoms with Gasteiger partial charge in [-0.05, 0) is 45.0 Å². The van der Waals surface area contributed by atoms with Gasteiger partial charge in [-0.15, -0.1) is 0 Å². The molecular weight excluding hydrogens is 394 g/mol. The number of ether oxygens (including phenoxy) is 2. The molecule has 0 spiro atoms. The van der Waals surface area contributed by atoms with Crippen molar-refractivity contribution in [2.45, 2.75) is 32.9 Å². The number of hydrogen-bond acceptors (Lipinski definition) is 6. The number of carbonyl (C=O) groups excluding carboxylic acids is 1. The first-order chi connectivity index (χ1) is 13.6. The molecule has 0 aliphatic carbocycles. The lowest BCUT2D eigenvalue weighted by atomic mass is 10.0. The Morgan fingerprint density at radius 1 is 1.24 bits per heavy atom. The van der Waals surface area contributed by atoms with Crippen LogP contribution in [0, 0.1) is 5.92 Å². The van der Waals surface area contributed by atoms with Crippen molar-refractivity contribution in [2.75, 3.05) is 51.4 Å². The number of likely N-dealkylation sites (N-methyl/N-ethyl adjacent to an activating group) is 2. The maximum Gasteiger partial charge on any atom is 0.257 e. The molecule has 29 heavy (non-hydrogen) atoms. The van der Waals surface area contributed by atoms with Gasteiger partial charge in [-0.25, -0.2) is 8.42 Å². The lowest BCUT2D eigenvalue weighted by Crippen LogP contribution is -2.45. The molecule has 9 heteroatoms. The Balaban J connectivity index is 2.43. The highest BCUT2D eigenvalue weighted by Crippen LogP contribution is 2.26. The van der Waals surface area contributed by atoms with Crippen LogP contribution in [0.4, 0.5) is 5.69 Å². The Kier molecular flexibility index (Phi) is 7.90. The van der Waals surface area contributed by atoms with Gasteiger partial charge in [0, 0.05) is 39.0 Å². The topological polar surface area (TPSA) is 88.2 Å². The molecule has 1 aromatic carbocycles. The molecule has 0 bridgehead atoms. The van der Waals surface area contributed by atoms with Gasteiger partial charge >= 0.3 is 0 Å². The molecule has 8 nitrogen and oxygen atoms in total. The summed E-state index contributed by atoms with van der Waals surface area (Å²) in [6, 6.07) is 4.92. The third-order valence-electron chi connectivity index (χ3n) is 5.41. The SMILES string of the molecule is CCS(=O)(=O)Nc1ccc2c(c1)C(=O)N(C)C[C@@H](OC)[C@H](C)CN(C)[C@@H](C)CO2. The van der Waals surface area contributed by atoms with Gasteiger partial charge < -0.3 is 14.4 Å². The van der Waals surface area contributed by atoms with Crippen LogP contribution in [0.2, 0.25) is 0 Å². The van der Waals surface area contributed by atoms with Crippen molar-refractivity contribution in [2.24, 2.45) is 5.92 Å². The van der Waals surface area contributed by atoms with E-state index < -0.39 is 10.0 Å². The van der Waals surface area contributed by atoms with Crippen molar-refractivity contribution in [3.8, 4) is 5.75 Å². The second-order valence-corrected chi connectivity index (χ2v) is 9.76. The van der Waals surface area contributed by atoms with E-state index in [1.165, 1.54) is 6.07 Å². The molecule has 0 fully saturated rings. The zero-order valence-electron chi connectivity index (χ0n) is 18.1. The summed E-state index contributed by atoms with van der Waals surface area (Å²) < 4.78 is 38.0. The molecule has 0 aromatic heterocycles. The van der Waals surface area contributed by atoms with E-state index in [2.05, 4.69) is 23.5 Å². The average Bonchev–Trinajstić information content (AvgIpc) is 2.68. The van der Waals surface area contributed by atoms with Crippen LogP contribution >= 0.6 is 0 Å². The smallest absolute Gasteiger partial charge is 0.257 e. The largest absolute Gasteiger partial charge is 0.491 e. The van der Waals surface area contributed by atoms with Crippen molar-refractivity contribution in [1.82, 2.24) is 9.80 Å². The Morgan fingerprint density at radius 3 is 2.55 bits per heavy atom. The predicted octanol–water partition coefficient (Wildman–Crippen LogP) is 1.88. The van der Waals surface area contributed by atoms with Crippen molar-refractivity contribution in [3.05, 3.63) is 23.8 Å². The van der Waals surface area contributed by atoms with Crippen LogP contribution in [0.1, 0.15) is 31.1 Å². The first-order valence-corrected chi connectivity index (χ1v) is 11.5. The fourth-order valence-corrected chi connectivity index (χ4v) is 3.90. The number of methoxy groups -OCH3 is 1. The zero-order valence-corrected chi connectivity index (χ0v) is 19.0. The monoisotopic (exact) mass is 427 g/mol. The number of benzene rings is 1. The first-order valence-electron chi connectivity index (χ1n) is 9.83. The molecule has 1 N–H and O–H groups in total. The Hall–Kier alpha value is -1.84. The van der Waals surface area contributed by atoms with Gasteiger partial charge in [0.1, 0.15) is 12.4 Å². The molecule has 1 aromatic rings. The lowest BCUT2D eigenvalue weighted by molar-refractivity contribution is 0.0150. The number of anilines is 1. The number of carbonyl (C=O) groups is 1. The highest BCUT2D eigenvalue weighted by molar-refractivity contribution is 7.92.